The SMILES string of the molecule is O=S.O=S.O=S.O=S(=O)([O-])OCC1C[C@H](O[C@]2(COS(=O)(=O)[O-])O[C@H](COS(=O)(=O)[O-])[C@H](OS(=O)(=O)[O-])C2OSOO[O-])C(OO[O-])[C@@H](OO[O-])[C@@H]1OO[O-]. The maximum atomic E-state index is 11.6. The van der Waals surface area contributed by atoms with E-state index in [1.54, 1.807) is 0 Å². The molecule has 1 aliphatic heterocycles. The van der Waals surface area contributed by atoms with Crippen LogP contribution in [0.5, 0.6) is 0 Å². The minimum atomic E-state index is -6.00. The predicted octanol–water partition coefficient (Wildman–Crippen LogP) is -10.3. The van der Waals surface area contributed by atoms with Crippen LogP contribution >= 0.6 is 12.3 Å². The highest BCUT2D eigenvalue weighted by atomic mass is 32.3. The molecule has 0 spiro atoms. The largest absolute Gasteiger partial charge is 0.726 e. The molecule has 0 amide bonds. The molecular weight excluding hydrogens is 957 g/mol. The molecule has 328 valence electrons. The van der Waals surface area contributed by atoms with Crippen LogP contribution in [0, 0.1) is 5.92 Å². The Kier molecular flexibility index (Phi) is 27.8. The monoisotopic (exact) mass is 972 g/mol. The van der Waals surface area contributed by atoms with Gasteiger partial charge in [-0.3, -0.25) is 41.1 Å². The zero-order valence-corrected chi connectivity index (χ0v) is 31.6. The normalized spacial score (nSPS) is 28.4. The summed E-state index contributed by atoms with van der Waals surface area (Å²) >= 11 is 7.88. The van der Waals surface area contributed by atoms with E-state index in [2.05, 4.69) is 93.5 Å². The highest BCUT2D eigenvalue weighted by molar-refractivity contribution is 7.89. The van der Waals surface area contributed by atoms with E-state index in [0.29, 0.717) is 0 Å². The van der Waals surface area contributed by atoms with Gasteiger partial charge in [0.15, 0.2) is 68.2 Å². The van der Waals surface area contributed by atoms with E-state index in [-0.39, 0.29) is 0 Å². The molecule has 0 aromatic heterocycles. The summed E-state index contributed by atoms with van der Waals surface area (Å²) < 4.78 is 195. The van der Waals surface area contributed by atoms with Gasteiger partial charge in [0.25, 0.3) is 0 Å². The van der Waals surface area contributed by atoms with E-state index >= 15 is 0 Å². The maximum absolute atomic E-state index is 11.6. The van der Waals surface area contributed by atoms with Crippen molar-refractivity contribution in [2.45, 2.75) is 54.9 Å². The van der Waals surface area contributed by atoms with Crippen molar-refractivity contribution in [2.24, 2.45) is 5.92 Å². The van der Waals surface area contributed by atoms with Gasteiger partial charge in [-0.25, -0.2) is 48.3 Å². The van der Waals surface area contributed by atoms with Gasteiger partial charge in [-0.2, -0.15) is 12.6 Å². The Balaban J connectivity index is 0. The Morgan fingerprint density at radius 2 is 1.09 bits per heavy atom. The van der Waals surface area contributed by atoms with Crippen LogP contribution in [0.15, 0.2) is 0 Å². The summed E-state index contributed by atoms with van der Waals surface area (Å²) in [5, 5.41) is 55.7. The first-order valence-corrected chi connectivity index (χ1v) is 19.0. The molecule has 0 aromatic carbocycles. The molecule has 0 aromatic rings. The second-order valence-electron chi connectivity index (χ2n) is 8.75. The molecule has 0 radical (unpaired) electrons. The molecule has 55 heavy (non-hydrogen) atoms. The van der Waals surface area contributed by atoms with Crippen molar-refractivity contribution in [3.05, 3.63) is 0 Å². The zero-order chi connectivity index (χ0) is 43.3. The molecule has 0 N–H and O–H groups in total. The molecule has 2 fully saturated rings. The Morgan fingerprint density at radius 1 is 0.618 bits per heavy atom. The summed E-state index contributed by atoms with van der Waals surface area (Å²) in [6.07, 6.45) is -18.2. The Hall–Kier alpha value is -0.710. The highest BCUT2D eigenvalue weighted by Crippen LogP contribution is 2.44. The average molecular weight is 973 g/mol. The second-order valence-corrected chi connectivity index (χ2v) is 13.4. The summed E-state index contributed by atoms with van der Waals surface area (Å²) in [7, 11) is -23.2. The van der Waals surface area contributed by atoms with Crippen LogP contribution in [-0.4, -0.2) is 133 Å². The zero-order valence-electron chi connectivity index (χ0n) is 25.1. The summed E-state index contributed by atoms with van der Waals surface area (Å²) in [6.45, 7) is -4.94. The number of rotatable bonds is 23. The minimum Gasteiger partial charge on any atom is -0.726 e. The number of ether oxygens (including phenoxy) is 2. The van der Waals surface area contributed by atoms with Gasteiger partial charge in [-0.1, -0.05) is 0 Å². The average Bonchev–Trinajstić information content (AvgIpc) is 3.37. The van der Waals surface area contributed by atoms with Crippen LogP contribution in [0.1, 0.15) is 6.42 Å². The lowest BCUT2D eigenvalue weighted by atomic mass is 9.81. The molecular formula is C13H16O34S8-8. The Bertz CT molecular complexity index is 1510. The number of hydrogen-bond donors (Lipinski definition) is 0. The van der Waals surface area contributed by atoms with Crippen molar-refractivity contribution in [1.82, 2.24) is 0 Å². The van der Waals surface area contributed by atoms with E-state index in [4.69, 9.17) is 26.3 Å². The predicted molar refractivity (Wildman–Crippen MR) is 139 cm³/mol. The van der Waals surface area contributed by atoms with Crippen LogP contribution in [0.2, 0.25) is 0 Å². The van der Waals surface area contributed by atoms with Gasteiger partial charge in [0, 0.05) is 5.92 Å². The second kappa shape index (κ2) is 27.1. The third kappa shape index (κ3) is 21.2. The van der Waals surface area contributed by atoms with Gasteiger partial charge in [-0.15, -0.1) is 4.33 Å². The van der Waals surface area contributed by atoms with E-state index in [1.165, 1.54) is 0 Å². The third-order valence-corrected chi connectivity index (χ3v) is 8.01. The van der Waals surface area contributed by atoms with E-state index in [9.17, 15) is 72.9 Å². The summed E-state index contributed by atoms with van der Waals surface area (Å²) in [5.41, 5.74) is 0. The van der Waals surface area contributed by atoms with Crippen molar-refractivity contribution in [1.29, 1.82) is 0 Å². The van der Waals surface area contributed by atoms with Crippen molar-refractivity contribution < 1.29 is 155 Å². The Labute approximate surface area is 326 Å². The fraction of sp³-hybridized carbons (Fsp3) is 1.00. The molecule has 34 nitrogen and oxygen atoms in total. The lowest BCUT2D eigenvalue weighted by molar-refractivity contribution is -0.832. The maximum Gasteiger partial charge on any atom is 0.225 e. The third-order valence-electron chi connectivity index (χ3n) is 5.90. The van der Waals surface area contributed by atoms with Crippen molar-refractivity contribution >= 4 is 91.5 Å². The lowest BCUT2D eigenvalue weighted by Crippen LogP contribution is -2.62. The summed E-state index contributed by atoms with van der Waals surface area (Å²) in [5.74, 6) is -5.27. The van der Waals surface area contributed by atoms with Gasteiger partial charge in [0.05, 0.1) is 19.3 Å². The van der Waals surface area contributed by atoms with Gasteiger partial charge >= 0.3 is 0 Å². The van der Waals surface area contributed by atoms with Crippen molar-refractivity contribution in [2.75, 3.05) is 19.8 Å². The number of hydrogen-bond acceptors (Lipinski definition) is 38. The molecule has 2 rings (SSSR count). The molecule has 3 unspecified atom stereocenters. The van der Waals surface area contributed by atoms with Crippen LogP contribution in [-0.2, 0) is 149 Å². The lowest BCUT2D eigenvalue weighted by Gasteiger charge is -2.47. The molecule has 1 heterocycles. The first-order valence-electron chi connectivity index (χ1n) is 12.0. The molecule has 1 saturated carbocycles. The minimum absolute atomic E-state index is 0.618. The van der Waals surface area contributed by atoms with Crippen LogP contribution in [0.3, 0.4) is 0 Å². The summed E-state index contributed by atoms with van der Waals surface area (Å²) in [6, 6.07) is 0. The van der Waals surface area contributed by atoms with Crippen molar-refractivity contribution in [3.63, 3.8) is 0 Å². The van der Waals surface area contributed by atoms with Crippen LogP contribution < -0.4 is 21.0 Å². The molecule has 1 saturated heterocycles. The fourth-order valence-electron chi connectivity index (χ4n) is 4.39. The molecule has 9 atom stereocenters. The Morgan fingerprint density at radius 3 is 1.55 bits per heavy atom. The summed E-state index contributed by atoms with van der Waals surface area (Å²) in [4.78, 5) is 13.0. The fourth-order valence-corrected chi connectivity index (χ4v) is 6.24. The first-order chi connectivity index (χ1) is 25.6. The van der Waals surface area contributed by atoms with Gasteiger partial charge in [0.2, 0.25) is 47.4 Å². The smallest absolute Gasteiger partial charge is 0.225 e. The molecule has 2 aliphatic rings. The van der Waals surface area contributed by atoms with Crippen LogP contribution in [0.25, 0.3) is 0 Å². The van der Waals surface area contributed by atoms with Gasteiger partial charge < -0.3 is 48.7 Å². The van der Waals surface area contributed by atoms with E-state index in [1.807, 2.05) is 0 Å². The standard InChI is InChI=1S/C13H24O31S5.3OS/c14-40-35-8-5(2-30-46(18,19)20)1-6(9(36-41-15)11(8)37-42-16)33-13(4-32-48(24,25)26)12(38-45-44-43-17)10(39-49(27,28)29)7(34-13)3-31-47(21,22)23;3*1-2/h5-12,14-17H,1-4H2,(H,18,19,20)(H,21,22,23)(H,24,25,26)(H,27,28,29);;;/p-8/t5?,6-,7+,8+,9?,10-,11-,12?,13+;;;/m0.../s1. The highest BCUT2D eigenvalue weighted by Gasteiger charge is 2.63. The quantitative estimate of drug-likeness (QED) is 0.0229. The molecule has 0 bridgehead atoms. The van der Waals surface area contributed by atoms with Gasteiger partial charge in [0.1, 0.15) is 24.9 Å². The first kappa shape index (κ1) is 56.4. The van der Waals surface area contributed by atoms with Crippen LogP contribution in [0.4, 0.5) is 0 Å². The van der Waals surface area contributed by atoms with E-state index < -0.39 is 135 Å². The van der Waals surface area contributed by atoms with E-state index in [0.717, 1.165) is 0 Å². The molecule has 1 aliphatic carbocycles. The van der Waals surface area contributed by atoms with Gasteiger partial charge in [-0.05, 0) is 6.42 Å². The topological polar surface area (TPSA) is 511 Å². The molecule has 42 heteroatoms. The van der Waals surface area contributed by atoms with Crippen molar-refractivity contribution in [3.8, 4) is 0 Å².